The first-order valence-corrected chi connectivity index (χ1v) is 11.5. The number of guanidine groups is 1. The highest BCUT2D eigenvalue weighted by atomic mass is 16.5. The normalized spacial score (nSPS) is 18.4. The second-order valence-electron chi connectivity index (χ2n) is 7.83. The largest absolute Gasteiger partial charge is 0.490 e. The van der Waals surface area contributed by atoms with Crippen molar-refractivity contribution in [2.75, 3.05) is 51.4 Å². The van der Waals surface area contributed by atoms with Crippen LogP contribution in [0.15, 0.2) is 41.7 Å². The van der Waals surface area contributed by atoms with E-state index in [1.807, 2.05) is 35.1 Å². The molecule has 0 radical (unpaired) electrons. The lowest BCUT2D eigenvalue weighted by atomic mass is 10.2. The third kappa shape index (κ3) is 7.13. The fourth-order valence-electron chi connectivity index (χ4n) is 3.59. The molecule has 2 N–H and O–H groups in total. The van der Waals surface area contributed by atoms with Crippen molar-refractivity contribution in [3.63, 3.8) is 0 Å². The number of rotatable bonds is 10. The molecule has 1 fully saturated rings. The number of aliphatic imine (C=N–C) groups is 1. The number of anilines is 1. The van der Waals surface area contributed by atoms with Gasteiger partial charge in [0.05, 0.1) is 32.5 Å². The van der Waals surface area contributed by atoms with E-state index in [0.29, 0.717) is 45.5 Å². The van der Waals surface area contributed by atoms with Crippen LogP contribution < -0.4 is 20.1 Å². The summed E-state index contributed by atoms with van der Waals surface area (Å²) in [5.74, 6) is 2.25. The van der Waals surface area contributed by atoms with E-state index in [-0.39, 0.29) is 6.10 Å². The summed E-state index contributed by atoms with van der Waals surface area (Å²) >= 11 is 0. The van der Waals surface area contributed by atoms with Crippen molar-refractivity contribution in [1.82, 2.24) is 15.1 Å². The fourth-order valence-corrected chi connectivity index (χ4v) is 3.59. The smallest absolute Gasteiger partial charge is 0.195 e. The highest BCUT2D eigenvalue weighted by Crippen LogP contribution is 2.32. The van der Waals surface area contributed by atoms with Gasteiger partial charge in [-0.15, -0.1) is 0 Å². The average Bonchev–Trinajstić information content (AvgIpc) is 3.47. The minimum Gasteiger partial charge on any atom is -0.490 e. The Hall–Kier alpha value is -2.78. The molecule has 4 rings (SSSR count). The first-order chi connectivity index (χ1) is 15.9. The van der Waals surface area contributed by atoms with E-state index in [1.54, 1.807) is 6.20 Å². The number of nitrogens with zero attached hydrogens (tertiary/aromatic N) is 3. The number of fused-ring (bicyclic) bond motifs is 1. The first-order valence-electron chi connectivity index (χ1n) is 11.5. The summed E-state index contributed by atoms with van der Waals surface area (Å²) in [5, 5.41) is 11.0. The molecule has 2 aliphatic heterocycles. The topological polar surface area (TPSA) is 91.2 Å². The highest BCUT2D eigenvalue weighted by molar-refractivity contribution is 5.93. The van der Waals surface area contributed by atoms with Crippen LogP contribution in [0.1, 0.15) is 25.7 Å². The minimum atomic E-state index is 0.263. The van der Waals surface area contributed by atoms with E-state index >= 15 is 0 Å². The lowest BCUT2D eigenvalue weighted by Crippen LogP contribution is -2.33. The van der Waals surface area contributed by atoms with Crippen LogP contribution >= 0.6 is 0 Å². The summed E-state index contributed by atoms with van der Waals surface area (Å²) in [6.45, 7) is 5.65. The number of aromatic nitrogens is 2. The molecule has 174 valence electrons. The van der Waals surface area contributed by atoms with E-state index in [0.717, 1.165) is 56.0 Å². The van der Waals surface area contributed by atoms with E-state index in [1.165, 1.54) is 0 Å². The number of hydrogen-bond donors (Lipinski definition) is 2. The lowest BCUT2D eigenvalue weighted by molar-refractivity contribution is 0.0171. The number of benzene rings is 1. The summed E-state index contributed by atoms with van der Waals surface area (Å²) in [7, 11) is 0. The minimum absolute atomic E-state index is 0.263. The summed E-state index contributed by atoms with van der Waals surface area (Å²) in [4.78, 5) is 4.72. The Kier molecular flexibility index (Phi) is 8.62. The van der Waals surface area contributed by atoms with Gasteiger partial charge in [-0.2, -0.15) is 5.10 Å². The predicted octanol–water partition coefficient (Wildman–Crippen LogP) is 2.69. The van der Waals surface area contributed by atoms with Gasteiger partial charge in [0.15, 0.2) is 17.5 Å². The first kappa shape index (κ1) is 22.4. The molecule has 0 spiro atoms. The second kappa shape index (κ2) is 12.3. The monoisotopic (exact) mass is 443 g/mol. The standard InChI is InChI=1S/C23H33N5O4/c1-5-20(30-14-1)18-29-13-3-8-24-23(25-10-12-28-11-2-9-26-28)27-19-6-7-21-22(17-19)32-16-4-15-31-21/h2,6-7,9,11,17,20H,1,3-5,8,10,12-16,18H2,(H2,24,25,27). The Morgan fingerprint density at radius 2 is 2.12 bits per heavy atom. The molecule has 9 nitrogen and oxygen atoms in total. The van der Waals surface area contributed by atoms with Crippen molar-refractivity contribution in [3.05, 3.63) is 36.7 Å². The second-order valence-corrected chi connectivity index (χ2v) is 7.83. The Morgan fingerprint density at radius 3 is 2.97 bits per heavy atom. The maximum atomic E-state index is 5.80. The zero-order chi connectivity index (χ0) is 21.8. The van der Waals surface area contributed by atoms with Gasteiger partial charge in [-0.05, 0) is 37.5 Å². The van der Waals surface area contributed by atoms with Crippen LogP contribution in [0.2, 0.25) is 0 Å². The van der Waals surface area contributed by atoms with Crippen LogP contribution in [-0.2, 0) is 16.0 Å². The fraction of sp³-hybridized carbons (Fsp3) is 0.565. The van der Waals surface area contributed by atoms with E-state index < -0.39 is 0 Å². The molecular weight excluding hydrogens is 410 g/mol. The van der Waals surface area contributed by atoms with Crippen molar-refractivity contribution in [3.8, 4) is 11.5 Å². The molecule has 0 amide bonds. The molecule has 1 saturated heterocycles. The summed E-state index contributed by atoms with van der Waals surface area (Å²) in [5.41, 5.74) is 0.897. The number of nitrogens with one attached hydrogen (secondary N) is 2. The van der Waals surface area contributed by atoms with Gasteiger partial charge in [-0.3, -0.25) is 9.67 Å². The summed E-state index contributed by atoms with van der Waals surface area (Å²) in [6, 6.07) is 7.78. The van der Waals surface area contributed by atoms with Crippen molar-refractivity contribution >= 4 is 11.6 Å². The van der Waals surface area contributed by atoms with Crippen LogP contribution in [0.3, 0.4) is 0 Å². The van der Waals surface area contributed by atoms with Crippen LogP contribution in [0.25, 0.3) is 0 Å². The molecule has 1 unspecified atom stereocenters. The Bertz CT molecular complexity index is 837. The van der Waals surface area contributed by atoms with Crippen molar-refractivity contribution in [2.45, 2.75) is 38.3 Å². The number of hydrogen-bond acceptors (Lipinski definition) is 6. The molecule has 1 aromatic carbocycles. The zero-order valence-corrected chi connectivity index (χ0v) is 18.5. The molecular formula is C23H33N5O4. The average molecular weight is 444 g/mol. The van der Waals surface area contributed by atoms with Gasteiger partial charge in [0.2, 0.25) is 0 Å². The van der Waals surface area contributed by atoms with Gasteiger partial charge in [0, 0.05) is 56.9 Å². The molecule has 0 bridgehead atoms. The van der Waals surface area contributed by atoms with Crippen molar-refractivity contribution in [1.29, 1.82) is 0 Å². The third-order valence-corrected chi connectivity index (χ3v) is 5.25. The van der Waals surface area contributed by atoms with Crippen molar-refractivity contribution in [2.24, 2.45) is 4.99 Å². The van der Waals surface area contributed by atoms with E-state index in [4.69, 9.17) is 23.9 Å². The predicted molar refractivity (Wildman–Crippen MR) is 123 cm³/mol. The van der Waals surface area contributed by atoms with Crippen LogP contribution in [-0.4, -0.2) is 68.0 Å². The molecule has 32 heavy (non-hydrogen) atoms. The Balaban J connectivity index is 1.29. The van der Waals surface area contributed by atoms with Crippen LogP contribution in [0.4, 0.5) is 5.69 Å². The van der Waals surface area contributed by atoms with Crippen LogP contribution in [0.5, 0.6) is 11.5 Å². The van der Waals surface area contributed by atoms with Gasteiger partial charge in [0.1, 0.15) is 0 Å². The maximum Gasteiger partial charge on any atom is 0.195 e. The van der Waals surface area contributed by atoms with E-state index in [2.05, 4.69) is 15.7 Å². The highest BCUT2D eigenvalue weighted by Gasteiger charge is 2.15. The lowest BCUT2D eigenvalue weighted by Gasteiger charge is -2.15. The molecule has 2 aliphatic rings. The molecule has 9 heteroatoms. The number of ether oxygens (including phenoxy) is 4. The molecule has 1 atom stereocenters. The van der Waals surface area contributed by atoms with Gasteiger partial charge in [-0.25, -0.2) is 0 Å². The van der Waals surface area contributed by atoms with E-state index in [9.17, 15) is 0 Å². The van der Waals surface area contributed by atoms with Gasteiger partial charge in [-0.1, -0.05) is 0 Å². The zero-order valence-electron chi connectivity index (χ0n) is 18.5. The molecule has 0 aliphatic carbocycles. The molecule has 3 heterocycles. The van der Waals surface area contributed by atoms with Gasteiger partial charge >= 0.3 is 0 Å². The summed E-state index contributed by atoms with van der Waals surface area (Å²) in [6.07, 6.45) is 7.95. The third-order valence-electron chi connectivity index (χ3n) is 5.25. The summed E-state index contributed by atoms with van der Waals surface area (Å²) < 4.78 is 24.7. The molecule has 2 aromatic rings. The van der Waals surface area contributed by atoms with Crippen molar-refractivity contribution < 1.29 is 18.9 Å². The maximum absolute atomic E-state index is 5.80. The quantitative estimate of drug-likeness (QED) is 0.331. The Labute approximate surface area is 189 Å². The SMILES string of the molecule is c1cnn(CCNC(=NCCCOCC2CCCO2)Nc2ccc3c(c2)OCCCO3)c1. The van der Waals surface area contributed by atoms with Gasteiger partial charge in [0.25, 0.3) is 0 Å². The van der Waals surface area contributed by atoms with Gasteiger partial charge < -0.3 is 29.6 Å². The molecule has 1 aromatic heterocycles. The molecule has 0 saturated carbocycles. The van der Waals surface area contributed by atoms with Crippen LogP contribution in [0, 0.1) is 0 Å². The Morgan fingerprint density at radius 1 is 1.19 bits per heavy atom.